The van der Waals surface area contributed by atoms with Crippen LogP contribution in [0.5, 0.6) is 0 Å². The second kappa shape index (κ2) is 5.39. The first-order valence-corrected chi connectivity index (χ1v) is 5.69. The number of amides is 1. The Balaban J connectivity index is 2.52. The molecule has 1 aliphatic carbocycles. The molecule has 0 aromatic heterocycles. The zero-order valence-corrected chi connectivity index (χ0v) is 11.0. The average molecular weight is 257 g/mol. The summed E-state index contributed by atoms with van der Waals surface area (Å²) < 4.78 is 9.62. The van der Waals surface area contributed by atoms with Crippen molar-refractivity contribution in [3.8, 4) is 0 Å². The number of hydrogen-bond donors (Lipinski definition) is 2. The van der Waals surface area contributed by atoms with Crippen molar-refractivity contribution in [2.24, 2.45) is 0 Å². The number of rotatable bonds is 2. The Kier molecular flexibility index (Phi) is 4.34. The molecule has 0 heterocycles. The predicted molar refractivity (Wildman–Crippen MR) is 63.9 cm³/mol. The summed E-state index contributed by atoms with van der Waals surface area (Å²) in [5.41, 5.74) is -0.252. The Hall–Kier alpha value is -1.56. The van der Waals surface area contributed by atoms with Gasteiger partial charge in [-0.2, -0.15) is 0 Å². The smallest absolute Gasteiger partial charge is 0.407 e. The molecule has 0 aliphatic heterocycles. The Labute approximate surface area is 106 Å². The topological polar surface area (TPSA) is 84.9 Å². The number of nitrogens with one attached hydrogen (secondary N) is 1. The normalized spacial score (nSPS) is 23.3. The van der Waals surface area contributed by atoms with Crippen molar-refractivity contribution in [2.45, 2.75) is 44.9 Å². The summed E-state index contributed by atoms with van der Waals surface area (Å²) >= 11 is 0. The SMILES string of the molecule is COC(=O)C1=CC(O)C(NC(=O)OC(C)(C)C)C1. The van der Waals surface area contributed by atoms with E-state index in [1.54, 1.807) is 20.8 Å². The molecule has 102 valence electrons. The van der Waals surface area contributed by atoms with Crippen LogP contribution in [-0.2, 0) is 14.3 Å². The monoisotopic (exact) mass is 257 g/mol. The number of aliphatic hydroxyl groups excluding tert-OH is 1. The van der Waals surface area contributed by atoms with Crippen LogP contribution in [0.25, 0.3) is 0 Å². The first-order chi connectivity index (χ1) is 8.23. The third-order valence-corrected chi connectivity index (χ3v) is 2.37. The fourth-order valence-corrected chi connectivity index (χ4v) is 1.63. The van der Waals surface area contributed by atoms with Crippen LogP contribution < -0.4 is 5.32 Å². The van der Waals surface area contributed by atoms with Crippen LogP contribution in [0.4, 0.5) is 4.79 Å². The first-order valence-electron chi connectivity index (χ1n) is 5.69. The molecule has 0 aromatic carbocycles. The van der Waals surface area contributed by atoms with E-state index in [0.29, 0.717) is 5.57 Å². The van der Waals surface area contributed by atoms with Crippen LogP contribution >= 0.6 is 0 Å². The minimum absolute atomic E-state index is 0.229. The molecule has 1 aliphatic rings. The highest BCUT2D eigenvalue weighted by atomic mass is 16.6. The minimum atomic E-state index is -0.911. The van der Waals surface area contributed by atoms with E-state index in [9.17, 15) is 14.7 Å². The van der Waals surface area contributed by atoms with Crippen molar-refractivity contribution >= 4 is 12.1 Å². The van der Waals surface area contributed by atoms with Gasteiger partial charge in [0.15, 0.2) is 0 Å². The highest BCUT2D eigenvalue weighted by Crippen LogP contribution is 2.21. The fraction of sp³-hybridized carbons (Fsp3) is 0.667. The van der Waals surface area contributed by atoms with Crippen LogP contribution in [-0.4, -0.2) is 42.0 Å². The molecule has 2 atom stereocenters. The summed E-state index contributed by atoms with van der Waals surface area (Å²) in [4.78, 5) is 22.8. The first kappa shape index (κ1) is 14.5. The van der Waals surface area contributed by atoms with Crippen molar-refractivity contribution in [2.75, 3.05) is 7.11 Å². The van der Waals surface area contributed by atoms with Crippen molar-refractivity contribution in [3.63, 3.8) is 0 Å². The summed E-state index contributed by atoms with van der Waals surface area (Å²) in [6, 6.07) is -0.561. The Morgan fingerprint density at radius 3 is 2.56 bits per heavy atom. The Morgan fingerprint density at radius 2 is 2.06 bits per heavy atom. The zero-order valence-electron chi connectivity index (χ0n) is 11.0. The molecule has 1 rings (SSSR count). The van der Waals surface area contributed by atoms with Crippen LogP contribution in [0.1, 0.15) is 27.2 Å². The van der Waals surface area contributed by atoms with Gasteiger partial charge in [0.1, 0.15) is 5.60 Å². The van der Waals surface area contributed by atoms with Crippen molar-refractivity contribution < 1.29 is 24.2 Å². The summed E-state index contributed by atoms with van der Waals surface area (Å²) in [7, 11) is 1.27. The lowest BCUT2D eigenvalue weighted by molar-refractivity contribution is -0.136. The number of hydrogen-bond acceptors (Lipinski definition) is 5. The van der Waals surface area contributed by atoms with Gasteiger partial charge in [-0.1, -0.05) is 0 Å². The summed E-state index contributed by atoms with van der Waals surface area (Å²) in [5.74, 6) is -0.498. The van der Waals surface area contributed by atoms with Crippen LogP contribution in [0.2, 0.25) is 0 Å². The van der Waals surface area contributed by atoms with Crippen LogP contribution in [0.15, 0.2) is 11.6 Å². The Bertz CT molecular complexity index is 369. The standard InChI is InChI=1S/C12H19NO5/c1-12(2,3)18-11(16)13-8-5-7(6-9(8)14)10(15)17-4/h6,8-9,14H,5H2,1-4H3,(H,13,16). The minimum Gasteiger partial charge on any atom is -0.466 e. The highest BCUT2D eigenvalue weighted by molar-refractivity contribution is 5.89. The third kappa shape index (κ3) is 4.03. The van der Waals surface area contributed by atoms with Gasteiger partial charge in [-0.05, 0) is 26.8 Å². The number of esters is 1. The molecule has 0 aromatic rings. The van der Waals surface area contributed by atoms with Crippen LogP contribution in [0.3, 0.4) is 0 Å². The lowest BCUT2D eigenvalue weighted by Gasteiger charge is -2.23. The molecule has 0 fully saturated rings. The quantitative estimate of drug-likeness (QED) is 0.713. The van der Waals surface area contributed by atoms with E-state index >= 15 is 0 Å². The average Bonchev–Trinajstić information content (AvgIpc) is 2.56. The molecule has 0 saturated carbocycles. The molecule has 0 radical (unpaired) electrons. The van der Waals surface area contributed by atoms with E-state index in [2.05, 4.69) is 10.1 Å². The number of alkyl carbamates (subject to hydrolysis) is 1. The molecule has 6 nitrogen and oxygen atoms in total. The largest absolute Gasteiger partial charge is 0.466 e. The molecule has 18 heavy (non-hydrogen) atoms. The number of aliphatic hydroxyl groups is 1. The maximum absolute atomic E-state index is 11.5. The molecule has 0 bridgehead atoms. The van der Waals surface area contributed by atoms with E-state index < -0.39 is 29.8 Å². The van der Waals surface area contributed by atoms with Gasteiger partial charge in [-0.3, -0.25) is 0 Å². The maximum atomic E-state index is 11.5. The number of carbonyl (C=O) groups is 2. The van der Waals surface area contributed by atoms with E-state index in [4.69, 9.17) is 4.74 Å². The highest BCUT2D eigenvalue weighted by Gasteiger charge is 2.32. The summed E-state index contributed by atoms with van der Waals surface area (Å²) in [6.45, 7) is 5.24. The molecule has 2 unspecified atom stereocenters. The van der Waals surface area contributed by atoms with Gasteiger partial charge in [0.2, 0.25) is 0 Å². The molecular weight excluding hydrogens is 238 g/mol. The van der Waals surface area contributed by atoms with Gasteiger partial charge in [0.05, 0.1) is 19.3 Å². The van der Waals surface area contributed by atoms with Gasteiger partial charge in [-0.25, -0.2) is 9.59 Å². The van der Waals surface area contributed by atoms with Gasteiger partial charge < -0.3 is 19.9 Å². The number of methoxy groups -OCH3 is 1. The van der Waals surface area contributed by atoms with Gasteiger partial charge in [0.25, 0.3) is 0 Å². The molecule has 0 spiro atoms. The lowest BCUT2D eigenvalue weighted by atomic mass is 10.1. The van der Waals surface area contributed by atoms with Gasteiger partial charge in [0, 0.05) is 12.0 Å². The number of ether oxygens (including phenoxy) is 2. The van der Waals surface area contributed by atoms with Gasteiger partial charge in [-0.15, -0.1) is 0 Å². The van der Waals surface area contributed by atoms with Crippen molar-refractivity contribution in [3.05, 3.63) is 11.6 Å². The van der Waals surface area contributed by atoms with E-state index in [1.165, 1.54) is 13.2 Å². The van der Waals surface area contributed by atoms with Crippen molar-refractivity contribution in [1.29, 1.82) is 0 Å². The summed E-state index contributed by atoms with van der Waals surface area (Å²) in [5, 5.41) is 12.2. The fourth-order valence-electron chi connectivity index (χ4n) is 1.63. The Morgan fingerprint density at radius 1 is 1.44 bits per heavy atom. The second-order valence-electron chi connectivity index (χ2n) is 5.13. The molecule has 0 saturated heterocycles. The van der Waals surface area contributed by atoms with Gasteiger partial charge >= 0.3 is 12.1 Å². The molecule has 1 amide bonds. The van der Waals surface area contributed by atoms with E-state index in [-0.39, 0.29) is 6.42 Å². The molecule has 6 heteroatoms. The predicted octanol–water partition coefficient (Wildman–Crippen LogP) is 0.744. The van der Waals surface area contributed by atoms with E-state index in [1.807, 2.05) is 0 Å². The number of carbonyl (C=O) groups excluding carboxylic acids is 2. The second-order valence-corrected chi connectivity index (χ2v) is 5.13. The van der Waals surface area contributed by atoms with Crippen molar-refractivity contribution in [1.82, 2.24) is 5.32 Å². The molecular formula is C12H19NO5. The zero-order chi connectivity index (χ0) is 13.9. The third-order valence-electron chi connectivity index (χ3n) is 2.37. The summed E-state index contributed by atoms with van der Waals surface area (Å²) in [6.07, 6.45) is 0.0821. The van der Waals surface area contributed by atoms with Crippen LogP contribution in [0, 0.1) is 0 Å². The van der Waals surface area contributed by atoms with E-state index in [0.717, 1.165) is 0 Å². The maximum Gasteiger partial charge on any atom is 0.407 e. The molecule has 2 N–H and O–H groups in total. The lowest BCUT2D eigenvalue weighted by Crippen LogP contribution is -2.43.